The summed E-state index contributed by atoms with van der Waals surface area (Å²) in [5.74, 6) is 0.795. The molecular formula is C15H16N4O. The number of benzene rings is 1. The summed E-state index contributed by atoms with van der Waals surface area (Å²) in [5.41, 5.74) is 5.87. The number of hydrogen-bond acceptors (Lipinski definition) is 5. The first-order valence-electron chi connectivity index (χ1n) is 6.28. The van der Waals surface area contributed by atoms with Gasteiger partial charge in [0.15, 0.2) is 5.70 Å². The van der Waals surface area contributed by atoms with E-state index in [1.165, 1.54) is 6.21 Å². The average molecular weight is 268 g/mol. The molecule has 0 aliphatic rings. The predicted octanol–water partition coefficient (Wildman–Crippen LogP) is 2.50. The van der Waals surface area contributed by atoms with Crippen LogP contribution in [-0.4, -0.2) is 12.8 Å². The van der Waals surface area contributed by atoms with E-state index in [0.29, 0.717) is 6.61 Å². The molecule has 1 aromatic rings. The van der Waals surface area contributed by atoms with E-state index in [-0.39, 0.29) is 11.4 Å². The molecule has 0 spiro atoms. The summed E-state index contributed by atoms with van der Waals surface area (Å²) in [6.07, 6.45) is 3.60. The lowest BCUT2D eigenvalue weighted by atomic mass is 10.2. The van der Waals surface area contributed by atoms with Crippen LogP contribution < -0.4 is 10.5 Å². The monoisotopic (exact) mass is 268 g/mol. The van der Waals surface area contributed by atoms with Gasteiger partial charge in [-0.2, -0.15) is 10.5 Å². The maximum atomic E-state index is 8.80. The predicted molar refractivity (Wildman–Crippen MR) is 76.9 cm³/mol. The van der Waals surface area contributed by atoms with Crippen molar-refractivity contribution in [3.8, 4) is 17.9 Å². The first-order chi connectivity index (χ1) is 9.71. The third-order valence-corrected chi connectivity index (χ3v) is 2.47. The van der Waals surface area contributed by atoms with Gasteiger partial charge in [0.25, 0.3) is 0 Å². The molecule has 0 saturated heterocycles. The minimum absolute atomic E-state index is 0.0872. The minimum Gasteiger partial charge on any atom is -0.494 e. The molecule has 102 valence electrons. The van der Waals surface area contributed by atoms with E-state index < -0.39 is 0 Å². The zero-order chi connectivity index (χ0) is 14.8. The van der Waals surface area contributed by atoms with Crippen molar-refractivity contribution in [3.05, 3.63) is 41.2 Å². The Morgan fingerprint density at radius 1 is 1.30 bits per heavy atom. The maximum Gasteiger partial charge on any atom is 0.174 e. The SMILES string of the molecule is CCCCOc1ccc(C=N/C(C#N)=C(\N)C#N)cc1. The van der Waals surface area contributed by atoms with Crippen molar-refractivity contribution in [2.24, 2.45) is 10.7 Å². The fourth-order valence-corrected chi connectivity index (χ4v) is 1.34. The second-order valence-electron chi connectivity index (χ2n) is 4.02. The molecule has 0 unspecified atom stereocenters. The summed E-state index contributed by atoms with van der Waals surface area (Å²) in [7, 11) is 0. The summed E-state index contributed by atoms with van der Waals surface area (Å²) in [5, 5.41) is 17.4. The smallest absolute Gasteiger partial charge is 0.174 e. The number of nitrogens with two attached hydrogens (primary N) is 1. The molecule has 0 heterocycles. The molecule has 0 saturated carbocycles. The van der Waals surface area contributed by atoms with Gasteiger partial charge in [0, 0.05) is 6.21 Å². The molecule has 5 nitrogen and oxygen atoms in total. The minimum atomic E-state index is -0.191. The number of aliphatic imine (C=N–C) groups is 1. The van der Waals surface area contributed by atoms with Gasteiger partial charge in [0.1, 0.15) is 23.6 Å². The molecule has 0 aromatic heterocycles. The van der Waals surface area contributed by atoms with Crippen molar-refractivity contribution < 1.29 is 4.74 Å². The van der Waals surface area contributed by atoms with Crippen LogP contribution in [0.25, 0.3) is 0 Å². The first-order valence-corrected chi connectivity index (χ1v) is 6.28. The number of nitrogens with zero attached hydrogens (tertiary/aromatic N) is 3. The number of ether oxygens (including phenoxy) is 1. The van der Waals surface area contributed by atoms with Gasteiger partial charge in [-0.15, -0.1) is 0 Å². The molecule has 0 amide bonds. The molecule has 20 heavy (non-hydrogen) atoms. The molecule has 0 aliphatic carbocycles. The Morgan fingerprint density at radius 3 is 2.55 bits per heavy atom. The molecule has 0 aliphatic heterocycles. The summed E-state index contributed by atoms with van der Waals surface area (Å²) in [6, 6.07) is 10.8. The molecule has 0 bridgehead atoms. The number of unbranched alkanes of at least 4 members (excludes halogenated alkanes) is 1. The summed E-state index contributed by atoms with van der Waals surface area (Å²) in [4.78, 5) is 3.89. The molecule has 0 fully saturated rings. The highest BCUT2D eigenvalue weighted by Crippen LogP contribution is 2.12. The zero-order valence-corrected chi connectivity index (χ0v) is 11.3. The first kappa shape index (κ1) is 15.3. The van der Waals surface area contributed by atoms with E-state index in [0.717, 1.165) is 24.2 Å². The Kier molecular flexibility index (Phi) is 6.36. The topological polar surface area (TPSA) is 95.2 Å². The highest BCUT2D eigenvalue weighted by molar-refractivity contribution is 5.81. The molecule has 0 atom stereocenters. The third-order valence-electron chi connectivity index (χ3n) is 2.47. The van der Waals surface area contributed by atoms with Gasteiger partial charge < -0.3 is 10.5 Å². The van der Waals surface area contributed by atoms with Gasteiger partial charge in [0.2, 0.25) is 0 Å². The molecule has 0 radical (unpaired) electrons. The fourth-order valence-electron chi connectivity index (χ4n) is 1.34. The maximum absolute atomic E-state index is 8.80. The van der Waals surface area contributed by atoms with Crippen LogP contribution in [0.15, 0.2) is 40.7 Å². The Morgan fingerprint density at radius 2 is 2.00 bits per heavy atom. The molecule has 5 heteroatoms. The van der Waals surface area contributed by atoms with E-state index in [9.17, 15) is 0 Å². The van der Waals surface area contributed by atoms with Crippen LogP contribution >= 0.6 is 0 Å². The second kappa shape index (κ2) is 8.34. The van der Waals surface area contributed by atoms with Gasteiger partial charge in [-0.25, -0.2) is 4.99 Å². The normalized spacial score (nSPS) is 11.6. The van der Waals surface area contributed by atoms with E-state index in [2.05, 4.69) is 11.9 Å². The van der Waals surface area contributed by atoms with Crippen molar-refractivity contribution in [1.29, 1.82) is 10.5 Å². The van der Waals surface area contributed by atoms with Crippen molar-refractivity contribution in [1.82, 2.24) is 0 Å². The standard InChI is InChI=1S/C15H16N4O/c1-2-3-8-20-13-6-4-12(5-7-13)11-19-15(10-17)14(18)9-16/h4-7,11H,2-3,8,18H2,1H3/b15-14-,19-11?. The summed E-state index contributed by atoms with van der Waals surface area (Å²) >= 11 is 0. The molecular weight excluding hydrogens is 252 g/mol. The van der Waals surface area contributed by atoms with Gasteiger partial charge in [-0.05, 0) is 36.2 Å². The molecule has 1 aromatic carbocycles. The van der Waals surface area contributed by atoms with Gasteiger partial charge in [-0.3, -0.25) is 0 Å². The lowest BCUT2D eigenvalue weighted by Crippen LogP contribution is -1.98. The molecule has 1 rings (SSSR count). The van der Waals surface area contributed by atoms with E-state index in [1.54, 1.807) is 12.1 Å². The Hall–Kier alpha value is -2.79. The highest BCUT2D eigenvalue weighted by Gasteiger charge is 1.99. The van der Waals surface area contributed by atoms with Crippen molar-refractivity contribution >= 4 is 6.21 Å². The Balaban J connectivity index is 2.71. The van der Waals surface area contributed by atoms with E-state index in [1.807, 2.05) is 24.3 Å². The van der Waals surface area contributed by atoms with Gasteiger partial charge in [-0.1, -0.05) is 13.3 Å². The Labute approximate surface area is 118 Å². The second-order valence-corrected chi connectivity index (χ2v) is 4.02. The fraction of sp³-hybridized carbons (Fsp3) is 0.267. The van der Waals surface area contributed by atoms with Crippen LogP contribution in [0.3, 0.4) is 0 Å². The number of rotatable bonds is 6. The van der Waals surface area contributed by atoms with Crippen molar-refractivity contribution in [2.45, 2.75) is 19.8 Å². The van der Waals surface area contributed by atoms with Crippen LogP contribution in [0, 0.1) is 22.7 Å². The van der Waals surface area contributed by atoms with Crippen molar-refractivity contribution in [3.63, 3.8) is 0 Å². The number of allylic oxidation sites excluding steroid dienone is 2. The molecule has 2 N–H and O–H groups in total. The Bertz CT molecular complexity index is 573. The van der Waals surface area contributed by atoms with Crippen LogP contribution in [0.1, 0.15) is 25.3 Å². The van der Waals surface area contributed by atoms with Gasteiger partial charge in [0.05, 0.1) is 6.61 Å². The lowest BCUT2D eigenvalue weighted by molar-refractivity contribution is 0.309. The number of nitriles is 2. The van der Waals surface area contributed by atoms with Crippen LogP contribution in [-0.2, 0) is 0 Å². The van der Waals surface area contributed by atoms with Crippen LogP contribution in [0.4, 0.5) is 0 Å². The summed E-state index contributed by atoms with van der Waals surface area (Å²) < 4.78 is 5.53. The van der Waals surface area contributed by atoms with Gasteiger partial charge >= 0.3 is 0 Å². The average Bonchev–Trinajstić information content (AvgIpc) is 2.49. The van der Waals surface area contributed by atoms with E-state index in [4.69, 9.17) is 21.0 Å². The number of hydrogen-bond donors (Lipinski definition) is 1. The van der Waals surface area contributed by atoms with Crippen molar-refractivity contribution in [2.75, 3.05) is 6.61 Å². The van der Waals surface area contributed by atoms with Crippen LogP contribution in [0.5, 0.6) is 5.75 Å². The quantitative estimate of drug-likeness (QED) is 0.487. The zero-order valence-electron chi connectivity index (χ0n) is 11.3. The van der Waals surface area contributed by atoms with E-state index >= 15 is 0 Å². The van der Waals surface area contributed by atoms with Crippen LogP contribution in [0.2, 0.25) is 0 Å². The largest absolute Gasteiger partial charge is 0.494 e. The third kappa shape index (κ3) is 4.83. The lowest BCUT2D eigenvalue weighted by Gasteiger charge is -2.04. The summed E-state index contributed by atoms with van der Waals surface area (Å²) in [6.45, 7) is 2.81. The highest BCUT2D eigenvalue weighted by atomic mass is 16.5.